The molecule has 1 unspecified atom stereocenters. The van der Waals surface area contributed by atoms with Crippen molar-refractivity contribution >= 4 is 21.4 Å². The number of anilines is 1. The molecule has 0 fully saturated rings. The van der Waals surface area contributed by atoms with E-state index in [4.69, 9.17) is 0 Å². The van der Waals surface area contributed by atoms with Gasteiger partial charge in [-0.2, -0.15) is 13.2 Å². The van der Waals surface area contributed by atoms with Crippen LogP contribution in [0.4, 0.5) is 18.9 Å². The number of hydrogen-bond acceptors (Lipinski definition) is 5. The van der Waals surface area contributed by atoms with E-state index in [0.29, 0.717) is 11.3 Å². The number of β-amino-alcohol motifs (C(OH)–C–C–N with tert-alkyl or cyclic N) is 1. The van der Waals surface area contributed by atoms with Crippen molar-refractivity contribution in [3.8, 4) is 0 Å². The number of halogens is 3. The van der Waals surface area contributed by atoms with Crippen LogP contribution in [0.3, 0.4) is 0 Å². The second-order valence-electron chi connectivity index (χ2n) is 7.40. The van der Waals surface area contributed by atoms with Crippen LogP contribution in [0.15, 0.2) is 58.4 Å². The largest absolute Gasteiger partial charge is 0.440 e. The highest BCUT2D eigenvalue weighted by atomic mass is 32.2. The Labute approximate surface area is 173 Å². The predicted molar refractivity (Wildman–Crippen MR) is 109 cm³/mol. The number of benzene rings is 2. The van der Waals surface area contributed by atoms with Gasteiger partial charge >= 0.3 is 6.18 Å². The Morgan fingerprint density at radius 1 is 1.10 bits per heavy atom. The highest BCUT2D eigenvalue weighted by Gasteiger charge is 2.58. The fourth-order valence-electron chi connectivity index (χ4n) is 3.23. The van der Waals surface area contributed by atoms with Crippen LogP contribution >= 0.6 is 0 Å². The molecule has 1 aliphatic heterocycles. The van der Waals surface area contributed by atoms with Crippen LogP contribution in [0.2, 0.25) is 0 Å². The summed E-state index contributed by atoms with van der Waals surface area (Å²) in [5.41, 5.74) is -1.45. The minimum Gasteiger partial charge on any atom is -0.361 e. The summed E-state index contributed by atoms with van der Waals surface area (Å²) in [4.78, 5) is 4.94. The van der Waals surface area contributed by atoms with Crippen molar-refractivity contribution in [2.24, 2.45) is 4.99 Å². The number of aliphatic imine (C=N–C) groups is 1. The van der Waals surface area contributed by atoms with Gasteiger partial charge in [0.1, 0.15) is 5.84 Å². The lowest BCUT2D eigenvalue weighted by molar-refractivity contribution is -0.249. The van der Waals surface area contributed by atoms with E-state index in [1.807, 2.05) is 12.1 Å². The van der Waals surface area contributed by atoms with Gasteiger partial charge in [-0.05, 0) is 42.7 Å². The number of alkyl halides is 3. The molecule has 1 atom stereocenters. The molecular formula is C21H23F3N2O3S. The predicted octanol–water partition coefficient (Wildman–Crippen LogP) is 3.95. The van der Waals surface area contributed by atoms with Gasteiger partial charge in [-0.15, -0.1) is 0 Å². The summed E-state index contributed by atoms with van der Waals surface area (Å²) in [6.45, 7) is 1.26. The molecule has 30 heavy (non-hydrogen) atoms. The maximum Gasteiger partial charge on any atom is 0.440 e. The summed E-state index contributed by atoms with van der Waals surface area (Å²) in [7, 11) is -3.45. The topological polar surface area (TPSA) is 70.0 Å². The lowest BCUT2D eigenvalue weighted by Gasteiger charge is -2.25. The molecule has 0 aromatic heterocycles. The number of aliphatic hydroxyl groups is 1. The Bertz CT molecular complexity index is 1030. The first-order chi connectivity index (χ1) is 13.9. The van der Waals surface area contributed by atoms with E-state index in [1.165, 1.54) is 29.2 Å². The molecule has 0 aliphatic carbocycles. The molecule has 0 bridgehead atoms. The Kier molecular flexibility index (Phi) is 5.97. The molecule has 0 saturated heterocycles. The number of sulfone groups is 1. The van der Waals surface area contributed by atoms with Crippen molar-refractivity contribution in [2.75, 3.05) is 17.7 Å². The summed E-state index contributed by atoms with van der Waals surface area (Å²) < 4.78 is 63.8. The number of nitrogens with zero attached hydrogens (tertiary/aromatic N) is 2. The molecule has 0 radical (unpaired) electrons. The second kappa shape index (κ2) is 8.03. The van der Waals surface area contributed by atoms with Gasteiger partial charge in [0.15, 0.2) is 9.84 Å². The monoisotopic (exact) mass is 440 g/mol. The van der Waals surface area contributed by atoms with Gasteiger partial charge in [0.2, 0.25) is 0 Å². The van der Waals surface area contributed by atoms with Gasteiger partial charge in [-0.1, -0.05) is 37.6 Å². The van der Waals surface area contributed by atoms with E-state index in [-0.39, 0.29) is 10.7 Å². The molecule has 1 N–H and O–H groups in total. The third-order valence-electron chi connectivity index (χ3n) is 4.99. The zero-order valence-corrected chi connectivity index (χ0v) is 17.5. The fourth-order valence-corrected chi connectivity index (χ4v) is 3.86. The van der Waals surface area contributed by atoms with Crippen molar-refractivity contribution in [2.45, 2.75) is 43.0 Å². The maximum absolute atomic E-state index is 13.5. The van der Waals surface area contributed by atoms with Gasteiger partial charge in [0.25, 0.3) is 5.72 Å². The molecule has 1 heterocycles. The molecular weight excluding hydrogens is 417 g/mol. The molecule has 0 saturated carbocycles. The van der Waals surface area contributed by atoms with Crippen LogP contribution in [-0.2, 0) is 16.3 Å². The number of amidine groups is 1. The van der Waals surface area contributed by atoms with E-state index in [9.17, 15) is 26.7 Å². The third kappa shape index (κ3) is 4.52. The van der Waals surface area contributed by atoms with E-state index in [1.54, 1.807) is 12.1 Å². The van der Waals surface area contributed by atoms with Gasteiger partial charge in [0, 0.05) is 17.5 Å². The first kappa shape index (κ1) is 22.3. The Morgan fingerprint density at radius 2 is 1.70 bits per heavy atom. The third-order valence-corrected chi connectivity index (χ3v) is 6.12. The Hall–Kier alpha value is -2.39. The number of unbranched alkanes of at least 4 members (excludes halogenated alkanes) is 1. The summed E-state index contributed by atoms with van der Waals surface area (Å²) in [5.74, 6) is -0.0241. The van der Waals surface area contributed by atoms with Crippen molar-refractivity contribution in [1.82, 2.24) is 0 Å². The lowest BCUT2D eigenvalue weighted by atomic mass is 10.1. The fraction of sp³-hybridized carbons (Fsp3) is 0.381. The van der Waals surface area contributed by atoms with Crippen LogP contribution in [0.1, 0.15) is 30.9 Å². The van der Waals surface area contributed by atoms with E-state index >= 15 is 0 Å². The van der Waals surface area contributed by atoms with E-state index < -0.39 is 28.3 Å². The summed E-state index contributed by atoms with van der Waals surface area (Å²) in [5, 5.41) is 10.2. The van der Waals surface area contributed by atoms with Gasteiger partial charge in [-0.3, -0.25) is 0 Å². The summed E-state index contributed by atoms with van der Waals surface area (Å²) in [6, 6.07) is 12.5. The molecule has 5 nitrogen and oxygen atoms in total. The van der Waals surface area contributed by atoms with Crippen molar-refractivity contribution in [3.05, 3.63) is 59.7 Å². The Balaban J connectivity index is 2.00. The zero-order valence-electron chi connectivity index (χ0n) is 16.6. The van der Waals surface area contributed by atoms with Gasteiger partial charge in [-0.25, -0.2) is 13.4 Å². The van der Waals surface area contributed by atoms with Crippen LogP contribution in [0.5, 0.6) is 0 Å². The lowest BCUT2D eigenvalue weighted by Crippen LogP contribution is -2.47. The number of rotatable bonds is 6. The van der Waals surface area contributed by atoms with Crippen molar-refractivity contribution in [3.63, 3.8) is 0 Å². The van der Waals surface area contributed by atoms with Crippen LogP contribution in [0.25, 0.3) is 0 Å². The smallest absolute Gasteiger partial charge is 0.361 e. The molecule has 1 aliphatic rings. The molecule has 9 heteroatoms. The van der Waals surface area contributed by atoms with Crippen molar-refractivity contribution < 1.29 is 26.7 Å². The van der Waals surface area contributed by atoms with Crippen LogP contribution in [-0.4, -0.2) is 44.1 Å². The average Bonchev–Trinajstić information content (AvgIpc) is 3.05. The highest BCUT2D eigenvalue weighted by molar-refractivity contribution is 7.90. The second-order valence-corrected chi connectivity index (χ2v) is 9.42. The molecule has 2 aromatic rings. The molecule has 162 valence electrons. The molecule has 2 aromatic carbocycles. The van der Waals surface area contributed by atoms with E-state index in [2.05, 4.69) is 11.9 Å². The van der Waals surface area contributed by atoms with Gasteiger partial charge in [0.05, 0.1) is 11.4 Å². The standard InChI is InChI=1S/C21H23F3N2O3S/c1-3-4-5-15-6-8-16(9-7-15)19-25-20(27,21(22,23)24)14-26(19)17-10-12-18(13-11-17)30(2,28)29/h6-13,27H,3-5,14H2,1-2H3. The van der Waals surface area contributed by atoms with Crippen LogP contribution in [0, 0.1) is 0 Å². The summed E-state index contributed by atoms with van der Waals surface area (Å²) >= 11 is 0. The number of hydrogen-bond donors (Lipinski definition) is 1. The van der Waals surface area contributed by atoms with E-state index in [0.717, 1.165) is 31.1 Å². The Morgan fingerprint density at radius 3 is 2.20 bits per heavy atom. The first-order valence-electron chi connectivity index (χ1n) is 9.50. The quantitative estimate of drug-likeness (QED) is 0.739. The molecule has 0 amide bonds. The minimum absolute atomic E-state index is 0.0241. The molecule has 3 rings (SSSR count). The molecule has 0 spiro atoms. The zero-order chi connectivity index (χ0) is 22.2. The number of aryl methyl sites for hydroxylation is 1. The normalized spacial score (nSPS) is 19.8. The minimum atomic E-state index is -4.96. The highest BCUT2D eigenvalue weighted by Crippen LogP contribution is 2.39. The van der Waals surface area contributed by atoms with Crippen LogP contribution < -0.4 is 4.90 Å². The first-order valence-corrected chi connectivity index (χ1v) is 11.4. The van der Waals surface area contributed by atoms with Gasteiger partial charge < -0.3 is 10.0 Å². The maximum atomic E-state index is 13.5. The average molecular weight is 440 g/mol. The summed E-state index contributed by atoms with van der Waals surface area (Å²) in [6.07, 6.45) is -1.00. The SMILES string of the molecule is CCCCc1ccc(C2=NC(O)(C(F)(F)F)CN2c2ccc(S(C)(=O)=O)cc2)cc1. The van der Waals surface area contributed by atoms with Crippen molar-refractivity contribution in [1.29, 1.82) is 0 Å².